The van der Waals surface area contributed by atoms with Gasteiger partial charge in [-0.3, -0.25) is 9.69 Å². The number of rotatable bonds is 1. The van der Waals surface area contributed by atoms with Gasteiger partial charge in [0.05, 0.1) is 11.7 Å². The Morgan fingerprint density at radius 3 is 2.49 bits per heavy atom. The highest BCUT2D eigenvalue weighted by Gasteiger charge is 2.36. The molecule has 6 rings (SSSR count). The zero-order valence-corrected chi connectivity index (χ0v) is 26.9. The molecule has 1 aromatic heterocycles. The van der Waals surface area contributed by atoms with E-state index in [1.165, 1.54) is 41.9 Å². The van der Waals surface area contributed by atoms with Gasteiger partial charge in [0.2, 0.25) is 0 Å². The molecule has 232 valence electrons. The summed E-state index contributed by atoms with van der Waals surface area (Å²) < 4.78 is 39.5. The third kappa shape index (κ3) is 5.70. The second-order valence-electron chi connectivity index (χ2n) is 13.3. The zero-order valence-electron chi connectivity index (χ0n) is 26.1. The number of carbonyl (C=O) groups excluding carboxylic acids is 1. The average molecular weight is 608 g/mol. The van der Waals surface area contributed by atoms with E-state index in [0.717, 1.165) is 48.1 Å². The average Bonchev–Trinajstić information content (AvgIpc) is 3.28. The number of amides is 1. The molecule has 3 aromatic rings. The van der Waals surface area contributed by atoms with E-state index in [2.05, 4.69) is 44.3 Å². The van der Waals surface area contributed by atoms with Gasteiger partial charge in [-0.2, -0.15) is 12.7 Å². The molecule has 1 amide bonds. The van der Waals surface area contributed by atoms with E-state index >= 15 is 0 Å². The van der Waals surface area contributed by atoms with Crippen LogP contribution in [0.25, 0.3) is 22.2 Å². The number of fused-ring (bicyclic) bond motifs is 4. The van der Waals surface area contributed by atoms with Crippen molar-refractivity contribution >= 4 is 27.0 Å². The van der Waals surface area contributed by atoms with Gasteiger partial charge in [0.15, 0.2) is 0 Å². The van der Waals surface area contributed by atoms with E-state index in [-0.39, 0.29) is 6.04 Å². The summed E-state index contributed by atoms with van der Waals surface area (Å²) in [6, 6.07) is 14.1. The molecule has 2 aromatic carbocycles. The van der Waals surface area contributed by atoms with Gasteiger partial charge >= 0.3 is 10.2 Å². The molecule has 1 atom stereocenters. The Bertz CT molecular complexity index is 1630. The lowest BCUT2D eigenvalue weighted by Gasteiger charge is -2.38. The Morgan fingerprint density at radius 1 is 0.977 bits per heavy atom. The molecular weight excluding hydrogens is 562 g/mol. The van der Waals surface area contributed by atoms with Crippen LogP contribution in [-0.4, -0.2) is 92.0 Å². The third-order valence-electron chi connectivity index (χ3n) is 9.90. The summed E-state index contributed by atoms with van der Waals surface area (Å²) in [5, 5.41) is 1.14. The number of hydrogen-bond donors (Lipinski definition) is 1. The number of hydrogen-bond acceptors (Lipinski definition) is 6. The van der Waals surface area contributed by atoms with Crippen molar-refractivity contribution in [3.05, 3.63) is 53.6 Å². The molecule has 0 saturated heterocycles. The van der Waals surface area contributed by atoms with Crippen molar-refractivity contribution in [2.24, 2.45) is 0 Å². The predicted molar refractivity (Wildman–Crippen MR) is 171 cm³/mol. The van der Waals surface area contributed by atoms with E-state index in [0.29, 0.717) is 31.2 Å². The van der Waals surface area contributed by atoms with Crippen LogP contribution in [0.15, 0.2) is 42.5 Å². The van der Waals surface area contributed by atoms with Gasteiger partial charge in [-0.25, -0.2) is 4.72 Å². The van der Waals surface area contributed by atoms with E-state index < -0.39 is 21.7 Å². The van der Waals surface area contributed by atoms with Crippen LogP contribution in [0.2, 0.25) is 0 Å². The molecule has 3 heterocycles. The first-order valence-corrected chi connectivity index (χ1v) is 17.0. The lowest BCUT2D eigenvalue weighted by Crippen LogP contribution is -2.56. The highest BCUT2D eigenvalue weighted by Crippen LogP contribution is 2.47. The summed E-state index contributed by atoms with van der Waals surface area (Å²) in [7, 11) is 1.60. The van der Waals surface area contributed by atoms with Crippen molar-refractivity contribution in [3.8, 4) is 17.0 Å². The maximum Gasteiger partial charge on any atom is 0.304 e. The van der Waals surface area contributed by atoms with Gasteiger partial charge in [0.1, 0.15) is 12.4 Å². The summed E-state index contributed by atoms with van der Waals surface area (Å²) in [6.07, 6.45) is 5.93. The number of nitrogens with one attached hydrogen (secondary N) is 1. The topological polar surface area (TPSA) is 87.1 Å². The first-order chi connectivity index (χ1) is 20.5. The Kier molecular flexibility index (Phi) is 8.08. The van der Waals surface area contributed by atoms with Gasteiger partial charge in [0.25, 0.3) is 5.91 Å². The summed E-state index contributed by atoms with van der Waals surface area (Å²) in [5.41, 5.74) is 4.12. The minimum Gasteiger partial charge on any atom is -0.491 e. The second kappa shape index (κ2) is 11.5. The van der Waals surface area contributed by atoms with Crippen molar-refractivity contribution in [1.29, 1.82) is 0 Å². The number of nitrogens with zero attached hydrogens (tertiary/aromatic N) is 4. The molecule has 0 radical (unpaired) electrons. The lowest BCUT2D eigenvalue weighted by atomic mass is 9.81. The zero-order chi connectivity index (χ0) is 30.5. The Hall–Kier alpha value is -2.92. The monoisotopic (exact) mass is 607 g/mol. The Balaban J connectivity index is 1.57. The molecule has 0 spiro atoms. The lowest BCUT2D eigenvalue weighted by molar-refractivity contribution is 0.0973. The van der Waals surface area contributed by atoms with Gasteiger partial charge in [-0.15, -0.1) is 0 Å². The first kappa shape index (κ1) is 30.1. The molecule has 10 heteroatoms. The van der Waals surface area contributed by atoms with Crippen LogP contribution in [0.1, 0.15) is 67.8 Å². The van der Waals surface area contributed by atoms with E-state index in [9.17, 15) is 13.2 Å². The number of ether oxygens (including phenoxy) is 1. The van der Waals surface area contributed by atoms with Gasteiger partial charge in [-0.05, 0) is 76.5 Å². The van der Waals surface area contributed by atoms with Crippen LogP contribution in [0.3, 0.4) is 0 Å². The molecule has 9 nitrogen and oxygen atoms in total. The van der Waals surface area contributed by atoms with Crippen molar-refractivity contribution in [3.63, 3.8) is 0 Å². The number of likely N-dealkylation sites (N-methyl/N-ethyl adjacent to an activating group) is 3. The Morgan fingerprint density at radius 2 is 1.72 bits per heavy atom. The second-order valence-corrected chi connectivity index (χ2v) is 15.0. The molecule has 43 heavy (non-hydrogen) atoms. The fourth-order valence-corrected chi connectivity index (χ4v) is 8.42. The fraction of sp³-hybridized carbons (Fsp3) is 0.545. The number of para-hydroxylation sites is 1. The van der Waals surface area contributed by atoms with Crippen molar-refractivity contribution in [1.82, 2.24) is 23.4 Å². The van der Waals surface area contributed by atoms with Crippen LogP contribution in [0, 0.1) is 0 Å². The van der Waals surface area contributed by atoms with Crippen molar-refractivity contribution in [2.45, 2.75) is 70.0 Å². The number of carbonyl (C=O) groups is 1. The molecular formula is C33H45N5O4S. The summed E-state index contributed by atoms with van der Waals surface area (Å²) >= 11 is 0. The first-order valence-electron chi connectivity index (χ1n) is 15.5. The van der Waals surface area contributed by atoms with Gasteiger partial charge < -0.3 is 14.2 Å². The predicted octanol–water partition coefficient (Wildman–Crippen LogP) is 4.68. The highest BCUT2D eigenvalue weighted by atomic mass is 32.2. The minimum atomic E-state index is -4.09. The largest absolute Gasteiger partial charge is 0.491 e. The maximum atomic E-state index is 13.6. The smallest absolute Gasteiger partial charge is 0.304 e. The van der Waals surface area contributed by atoms with Gasteiger partial charge in [0, 0.05) is 60.8 Å². The van der Waals surface area contributed by atoms with Crippen LogP contribution in [-0.2, 0) is 16.8 Å². The molecule has 4 bridgehead atoms. The van der Waals surface area contributed by atoms with Crippen LogP contribution < -0.4 is 9.46 Å². The van der Waals surface area contributed by atoms with Crippen molar-refractivity contribution < 1.29 is 17.9 Å². The standard InChI is InChI=1S/C33H45N5O4S/c1-33(2)22-35(3)17-18-36(4)25-20-38-28-19-24(32(39)34-43(40,41)37(33)5)15-16-26(28)30(23-11-7-6-8-12-23)31(38)27-13-9-10-14-29(27)42-21-25/h9-10,13-16,19,23,25H,6-8,11-12,17-18,20-22H2,1-5H3,(H,34,39). The highest BCUT2D eigenvalue weighted by molar-refractivity contribution is 7.87. The summed E-state index contributed by atoms with van der Waals surface area (Å²) in [6.45, 7) is 7.06. The van der Waals surface area contributed by atoms with Crippen LogP contribution in [0.4, 0.5) is 0 Å². The number of benzene rings is 2. The molecule has 1 N–H and O–H groups in total. The summed E-state index contributed by atoms with van der Waals surface area (Å²) in [4.78, 5) is 18.1. The molecule has 1 aliphatic carbocycles. The van der Waals surface area contributed by atoms with Crippen LogP contribution >= 0.6 is 0 Å². The SMILES string of the molecule is CN1CCN(C)C2COc3ccccc3-c3c(C4CCCCC4)c4ccc(cc4n3C2)C(=O)NS(=O)(=O)N(C)C(C)(C)C1. The minimum absolute atomic E-state index is 0.0942. The normalized spacial score (nSPS) is 24.3. The molecule has 1 fully saturated rings. The quantitative estimate of drug-likeness (QED) is 0.433. The van der Waals surface area contributed by atoms with Crippen LogP contribution in [0.5, 0.6) is 5.75 Å². The van der Waals surface area contributed by atoms with Gasteiger partial charge in [-0.1, -0.05) is 37.5 Å². The maximum absolute atomic E-state index is 13.6. The van der Waals surface area contributed by atoms with Crippen molar-refractivity contribution in [2.75, 3.05) is 47.4 Å². The Labute approximate surface area is 256 Å². The molecule has 3 aliphatic rings. The van der Waals surface area contributed by atoms with E-state index in [4.69, 9.17) is 4.74 Å². The number of aromatic nitrogens is 1. The van der Waals surface area contributed by atoms with E-state index in [1.54, 1.807) is 6.07 Å². The van der Waals surface area contributed by atoms with E-state index in [1.807, 2.05) is 39.1 Å². The molecule has 1 unspecified atom stereocenters. The third-order valence-corrected chi connectivity index (χ3v) is 11.6. The summed E-state index contributed by atoms with van der Waals surface area (Å²) in [5.74, 6) is 0.667. The molecule has 1 saturated carbocycles. The molecule has 2 aliphatic heterocycles. The fourth-order valence-electron chi connectivity index (χ4n) is 7.23.